The van der Waals surface area contributed by atoms with Gasteiger partial charge >= 0.3 is 0 Å². The number of hydrogen-bond acceptors (Lipinski definition) is 1. The number of aliphatic hydroxyl groups excluding tert-OH is 1. The third-order valence-electron chi connectivity index (χ3n) is 8.52. The van der Waals surface area contributed by atoms with E-state index in [4.69, 9.17) is 0 Å². The van der Waals surface area contributed by atoms with Crippen LogP contribution in [-0.2, 0) is 0 Å². The van der Waals surface area contributed by atoms with Crippen molar-refractivity contribution in [1.82, 2.24) is 0 Å². The molecule has 4 aliphatic rings. The van der Waals surface area contributed by atoms with Gasteiger partial charge in [0.1, 0.15) is 0 Å². The highest BCUT2D eigenvalue weighted by atomic mass is 127. The first-order valence-electron chi connectivity index (χ1n) is 9.27. The zero-order chi connectivity index (χ0) is 14.8. The second-order valence-corrected chi connectivity index (χ2v) is 10.7. The predicted octanol–water partition coefficient (Wildman–Crippen LogP) is 5.19. The third-order valence-corrected chi connectivity index (χ3v) is 10.6. The van der Waals surface area contributed by atoms with Crippen molar-refractivity contribution in [3.63, 3.8) is 0 Å². The average molecular weight is 402 g/mol. The van der Waals surface area contributed by atoms with Crippen LogP contribution < -0.4 is 0 Å². The van der Waals surface area contributed by atoms with E-state index in [0.717, 1.165) is 40.4 Å². The van der Waals surface area contributed by atoms with Crippen LogP contribution in [0.25, 0.3) is 0 Å². The van der Waals surface area contributed by atoms with Gasteiger partial charge in [-0.3, -0.25) is 0 Å². The lowest BCUT2D eigenvalue weighted by Gasteiger charge is -2.60. The average Bonchev–Trinajstić information content (AvgIpc) is 2.76. The van der Waals surface area contributed by atoms with Crippen LogP contribution >= 0.6 is 22.6 Å². The fourth-order valence-corrected chi connectivity index (χ4v) is 8.30. The first kappa shape index (κ1) is 15.2. The molecule has 0 amide bonds. The zero-order valence-electron chi connectivity index (χ0n) is 13.7. The summed E-state index contributed by atoms with van der Waals surface area (Å²) in [5.74, 6) is 3.77. The molecule has 2 heteroatoms. The first-order chi connectivity index (χ1) is 9.95. The van der Waals surface area contributed by atoms with Gasteiger partial charge in [0.15, 0.2) is 0 Å². The normalized spacial score (nSPS) is 60.0. The van der Waals surface area contributed by atoms with E-state index in [-0.39, 0.29) is 6.10 Å². The summed E-state index contributed by atoms with van der Waals surface area (Å²) in [6.45, 7) is 5.20. The Morgan fingerprint density at radius 3 is 2.38 bits per heavy atom. The summed E-state index contributed by atoms with van der Waals surface area (Å²) in [5.41, 5.74) is 1.19. The van der Waals surface area contributed by atoms with Crippen LogP contribution in [0.2, 0.25) is 0 Å². The van der Waals surface area contributed by atoms with Gasteiger partial charge in [0, 0.05) is 3.92 Å². The zero-order valence-corrected chi connectivity index (χ0v) is 15.8. The van der Waals surface area contributed by atoms with Crippen molar-refractivity contribution in [2.75, 3.05) is 0 Å². The fraction of sp³-hybridized carbons (Fsp3) is 1.00. The highest BCUT2D eigenvalue weighted by molar-refractivity contribution is 14.1. The molecule has 4 fully saturated rings. The van der Waals surface area contributed by atoms with Gasteiger partial charge in [0.05, 0.1) is 6.10 Å². The van der Waals surface area contributed by atoms with Gasteiger partial charge in [-0.25, -0.2) is 0 Å². The lowest BCUT2D eigenvalue weighted by Crippen LogP contribution is -2.54. The van der Waals surface area contributed by atoms with E-state index in [1.54, 1.807) is 0 Å². The van der Waals surface area contributed by atoms with E-state index >= 15 is 0 Å². The van der Waals surface area contributed by atoms with Gasteiger partial charge in [-0.15, -0.1) is 0 Å². The fourth-order valence-electron chi connectivity index (χ4n) is 7.17. The highest BCUT2D eigenvalue weighted by Crippen LogP contribution is 2.67. The summed E-state index contributed by atoms with van der Waals surface area (Å²) in [7, 11) is 0. The quantitative estimate of drug-likeness (QED) is 0.437. The lowest BCUT2D eigenvalue weighted by atomic mass is 9.45. The van der Waals surface area contributed by atoms with Crippen molar-refractivity contribution in [1.29, 1.82) is 0 Å². The molecule has 0 aromatic rings. The van der Waals surface area contributed by atoms with Gasteiger partial charge in [0.2, 0.25) is 0 Å². The van der Waals surface area contributed by atoms with E-state index in [1.165, 1.54) is 44.9 Å². The van der Waals surface area contributed by atoms with Crippen LogP contribution in [0.3, 0.4) is 0 Å². The van der Waals surface area contributed by atoms with Crippen molar-refractivity contribution < 1.29 is 5.11 Å². The van der Waals surface area contributed by atoms with Crippen LogP contribution in [0.1, 0.15) is 71.6 Å². The Labute approximate surface area is 143 Å². The maximum absolute atomic E-state index is 10.1. The number of alkyl halides is 1. The number of hydrogen-bond donors (Lipinski definition) is 1. The number of halogens is 1. The molecule has 0 heterocycles. The highest BCUT2D eigenvalue weighted by Gasteiger charge is 2.59. The summed E-state index contributed by atoms with van der Waals surface area (Å²) < 4.78 is 0.916. The van der Waals surface area contributed by atoms with Crippen LogP contribution in [0.15, 0.2) is 0 Å². The monoisotopic (exact) mass is 402 g/mol. The Bertz CT molecular complexity index is 424. The molecule has 120 valence electrons. The molecule has 0 saturated heterocycles. The molecule has 8 atom stereocenters. The Hall–Kier alpha value is 0.690. The Morgan fingerprint density at radius 1 is 0.857 bits per heavy atom. The summed E-state index contributed by atoms with van der Waals surface area (Å²) >= 11 is 2.76. The second-order valence-electron chi connectivity index (χ2n) is 9.17. The minimum atomic E-state index is -0.00121. The molecule has 0 aromatic heterocycles. The van der Waals surface area contributed by atoms with Crippen LogP contribution in [0.5, 0.6) is 0 Å². The van der Waals surface area contributed by atoms with Gasteiger partial charge in [-0.2, -0.15) is 0 Å². The van der Waals surface area contributed by atoms with Crippen molar-refractivity contribution in [2.24, 2.45) is 34.5 Å². The smallest absolute Gasteiger partial charge is 0.0543 e. The second kappa shape index (κ2) is 5.09. The maximum Gasteiger partial charge on any atom is 0.0543 e. The summed E-state index contributed by atoms with van der Waals surface area (Å²) in [5, 5.41) is 10.1. The van der Waals surface area contributed by atoms with Crippen molar-refractivity contribution >= 4 is 22.6 Å². The molecule has 2 unspecified atom stereocenters. The lowest BCUT2D eigenvalue weighted by molar-refractivity contribution is -0.119. The third kappa shape index (κ3) is 2.10. The molecule has 4 saturated carbocycles. The van der Waals surface area contributed by atoms with Crippen molar-refractivity contribution in [3.8, 4) is 0 Å². The van der Waals surface area contributed by atoms with Gasteiger partial charge in [0.25, 0.3) is 0 Å². The number of fused-ring (bicyclic) bond motifs is 5. The molecule has 4 aliphatic carbocycles. The van der Waals surface area contributed by atoms with E-state index in [0.29, 0.717) is 10.8 Å². The van der Waals surface area contributed by atoms with Crippen molar-refractivity contribution in [2.45, 2.75) is 81.7 Å². The summed E-state index contributed by atoms with van der Waals surface area (Å²) in [6.07, 6.45) is 12.2. The Kier molecular flexibility index (Phi) is 3.69. The standard InChI is InChI=1S/C19H31IO/c1-18-9-7-13(21)11-12(18)3-4-14-15-5-6-17(20)19(15,2)10-8-16(14)18/h12-17,21H,3-11H2,1-2H3/t12?,13-,14-,15-,16-,17?,18-,19-/m0/s1. The molecule has 0 bridgehead atoms. The van der Waals surface area contributed by atoms with Crippen LogP contribution in [0, 0.1) is 34.5 Å². The Balaban J connectivity index is 1.62. The molecule has 1 N–H and O–H groups in total. The van der Waals surface area contributed by atoms with Crippen molar-refractivity contribution in [3.05, 3.63) is 0 Å². The largest absolute Gasteiger partial charge is 0.393 e. The minimum absolute atomic E-state index is 0.00121. The van der Waals surface area contributed by atoms with E-state index in [1.807, 2.05) is 0 Å². The predicted molar refractivity (Wildman–Crippen MR) is 95.5 cm³/mol. The summed E-state index contributed by atoms with van der Waals surface area (Å²) in [4.78, 5) is 0. The molecular formula is C19H31IO. The molecule has 0 spiro atoms. The molecule has 21 heavy (non-hydrogen) atoms. The van der Waals surface area contributed by atoms with Gasteiger partial charge < -0.3 is 5.11 Å². The first-order valence-corrected chi connectivity index (χ1v) is 10.5. The van der Waals surface area contributed by atoms with E-state index in [9.17, 15) is 5.11 Å². The number of aliphatic hydroxyl groups is 1. The van der Waals surface area contributed by atoms with E-state index < -0.39 is 0 Å². The van der Waals surface area contributed by atoms with Crippen LogP contribution in [-0.4, -0.2) is 15.1 Å². The molecule has 0 aliphatic heterocycles. The van der Waals surface area contributed by atoms with Crippen LogP contribution in [0.4, 0.5) is 0 Å². The molecule has 0 aromatic carbocycles. The van der Waals surface area contributed by atoms with Gasteiger partial charge in [-0.1, -0.05) is 36.4 Å². The topological polar surface area (TPSA) is 20.2 Å². The molecule has 1 nitrogen and oxygen atoms in total. The SMILES string of the molecule is C[C@]12CC[C@H](O)CC1CC[C@@H]1[C@@H]2CC[C@]2(C)C(I)CC[C@@H]12. The minimum Gasteiger partial charge on any atom is -0.393 e. The van der Waals surface area contributed by atoms with E-state index in [2.05, 4.69) is 36.4 Å². The van der Waals surface area contributed by atoms with Gasteiger partial charge in [-0.05, 0) is 92.3 Å². The maximum atomic E-state index is 10.1. The molecule has 0 radical (unpaired) electrons. The molecule has 4 rings (SSSR count). The molecular weight excluding hydrogens is 371 g/mol. The Morgan fingerprint density at radius 2 is 1.57 bits per heavy atom. The number of rotatable bonds is 0. The summed E-state index contributed by atoms with van der Waals surface area (Å²) in [6, 6.07) is 0.